The van der Waals surface area contributed by atoms with Crippen molar-refractivity contribution in [2.75, 3.05) is 5.32 Å². The Morgan fingerprint density at radius 1 is 1.15 bits per heavy atom. The standard InChI is InChI=1S/C29H35F2N7O2/c1-16-11-13-18(14-12-16)15-38-22-23(32-17(2)19-7-6-8-19)33-25(26-36-28(39)40-37-26)34-24(22)35-27(38)29(3,31)20-9-4-5-10-21(20)30/h4-5,9-10,16-19H,6-8,11-15H2,1-3H3,(H,32,33,34)(H,36,37,39)/t16?,17-,18?,29?/m1/s1. The van der Waals surface area contributed by atoms with E-state index in [-0.39, 0.29) is 34.7 Å². The van der Waals surface area contributed by atoms with E-state index < -0.39 is 17.2 Å². The fraction of sp³-hybridized carbons (Fsp3) is 0.552. The van der Waals surface area contributed by atoms with E-state index in [1.807, 2.05) is 4.57 Å². The molecule has 0 saturated heterocycles. The van der Waals surface area contributed by atoms with Crippen LogP contribution in [0.1, 0.15) is 77.1 Å². The second-order valence-electron chi connectivity index (χ2n) is 11.8. The van der Waals surface area contributed by atoms with Gasteiger partial charge in [-0.1, -0.05) is 49.5 Å². The maximum absolute atomic E-state index is 16.9. The van der Waals surface area contributed by atoms with Gasteiger partial charge in [-0.3, -0.25) is 9.51 Å². The molecule has 4 aromatic rings. The molecule has 2 N–H and O–H groups in total. The molecular weight excluding hydrogens is 516 g/mol. The van der Waals surface area contributed by atoms with Gasteiger partial charge in [0, 0.05) is 18.2 Å². The predicted octanol–water partition coefficient (Wildman–Crippen LogP) is 5.97. The zero-order chi connectivity index (χ0) is 28.0. The topological polar surface area (TPSA) is 115 Å². The first-order valence-corrected chi connectivity index (χ1v) is 14.3. The highest BCUT2D eigenvalue weighted by atomic mass is 19.1. The first-order valence-electron chi connectivity index (χ1n) is 14.3. The number of anilines is 1. The van der Waals surface area contributed by atoms with Gasteiger partial charge in [0.2, 0.25) is 11.6 Å². The highest BCUT2D eigenvalue weighted by molar-refractivity contribution is 5.86. The lowest BCUT2D eigenvalue weighted by Crippen LogP contribution is -2.31. The first kappa shape index (κ1) is 26.6. The summed E-state index contributed by atoms with van der Waals surface area (Å²) in [5.41, 5.74) is -1.52. The molecule has 0 aliphatic heterocycles. The predicted molar refractivity (Wildman–Crippen MR) is 147 cm³/mol. The highest BCUT2D eigenvalue weighted by Gasteiger charge is 2.39. The van der Waals surface area contributed by atoms with Gasteiger partial charge in [-0.25, -0.2) is 28.5 Å². The molecule has 9 nitrogen and oxygen atoms in total. The van der Waals surface area contributed by atoms with Gasteiger partial charge in [0.05, 0.1) is 0 Å². The fourth-order valence-electron chi connectivity index (χ4n) is 6.11. The van der Waals surface area contributed by atoms with Crippen LogP contribution < -0.4 is 11.1 Å². The van der Waals surface area contributed by atoms with Gasteiger partial charge in [-0.15, -0.1) is 0 Å². The van der Waals surface area contributed by atoms with Crippen molar-refractivity contribution in [1.29, 1.82) is 0 Å². The summed E-state index contributed by atoms with van der Waals surface area (Å²) in [4.78, 5) is 28.2. The van der Waals surface area contributed by atoms with Gasteiger partial charge in [0.15, 0.2) is 23.0 Å². The average molecular weight is 552 g/mol. The van der Waals surface area contributed by atoms with Crippen LogP contribution in [0.15, 0.2) is 33.6 Å². The molecule has 0 spiro atoms. The van der Waals surface area contributed by atoms with E-state index in [0.29, 0.717) is 35.6 Å². The van der Waals surface area contributed by atoms with E-state index in [1.54, 1.807) is 12.1 Å². The molecule has 1 aromatic carbocycles. The molecule has 40 heavy (non-hydrogen) atoms. The molecule has 2 atom stereocenters. The van der Waals surface area contributed by atoms with Crippen molar-refractivity contribution >= 4 is 17.0 Å². The van der Waals surface area contributed by atoms with Crippen molar-refractivity contribution in [3.63, 3.8) is 0 Å². The lowest BCUT2D eigenvalue weighted by atomic mass is 9.80. The van der Waals surface area contributed by atoms with Gasteiger partial charge < -0.3 is 9.88 Å². The van der Waals surface area contributed by atoms with Crippen LogP contribution in [0.4, 0.5) is 14.6 Å². The van der Waals surface area contributed by atoms with E-state index in [2.05, 4.69) is 34.3 Å². The van der Waals surface area contributed by atoms with Crippen molar-refractivity contribution in [1.82, 2.24) is 29.7 Å². The number of aromatic nitrogens is 6. The third-order valence-corrected chi connectivity index (χ3v) is 8.85. The van der Waals surface area contributed by atoms with E-state index in [4.69, 9.17) is 14.5 Å². The van der Waals surface area contributed by atoms with Crippen LogP contribution in [0.25, 0.3) is 22.8 Å². The summed E-state index contributed by atoms with van der Waals surface area (Å²) in [7, 11) is 0. The summed E-state index contributed by atoms with van der Waals surface area (Å²) < 4.78 is 38.4. The number of hydrogen-bond donors (Lipinski definition) is 2. The molecule has 2 aliphatic rings. The Morgan fingerprint density at radius 3 is 2.55 bits per heavy atom. The molecule has 1 unspecified atom stereocenters. The van der Waals surface area contributed by atoms with Crippen molar-refractivity contribution < 1.29 is 13.3 Å². The summed E-state index contributed by atoms with van der Waals surface area (Å²) in [5.74, 6) is 0.813. The molecule has 11 heteroatoms. The number of fused-ring (bicyclic) bond motifs is 1. The Bertz CT molecular complexity index is 1560. The van der Waals surface area contributed by atoms with Crippen LogP contribution in [0, 0.1) is 23.6 Å². The molecule has 3 heterocycles. The van der Waals surface area contributed by atoms with Gasteiger partial charge >= 0.3 is 5.76 Å². The van der Waals surface area contributed by atoms with Crippen molar-refractivity contribution in [2.45, 2.75) is 84.0 Å². The van der Waals surface area contributed by atoms with Gasteiger partial charge in [-0.05, 0) is 63.4 Å². The molecule has 0 radical (unpaired) electrons. The van der Waals surface area contributed by atoms with Crippen LogP contribution in [-0.4, -0.2) is 35.7 Å². The van der Waals surface area contributed by atoms with Crippen LogP contribution in [-0.2, 0) is 12.2 Å². The van der Waals surface area contributed by atoms with E-state index in [0.717, 1.165) is 38.5 Å². The Kier molecular flexibility index (Phi) is 6.92. The smallest absolute Gasteiger partial charge is 0.365 e. The average Bonchev–Trinajstić information content (AvgIpc) is 3.48. The minimum atomic E-state index is -2.24. The highest BCUT2D eigenvalue weighted by Crippen LogP contribution is 2.40. The molecular formula is C29H35F2N7O2. The molecule has 3 aromatic heterocycles. The first-order chi connectivity index (χ1) is 19.2. The SMILES string of the molecule is CC1CCC(Cn2c(C(C)(F)c3ccccc3F)nc3nc(-c4noc(=O)[nH]4)nc(N[C@H](C)C4CCC4)c32)CC1. The Labute approximate surface area is 230 Å². The van der Waals surface area contributed by atoms with E-state index in [9.17, 15) is 9.18 Å². The number of hydrogen-bond acceptors (Lipinski definition) is 7. The maximum Gasteiger partial charge on any atom is 0.439 e. The van der Waals surface area contributed by atoms with E-state index in [1.165, 1.54) is 25.5 Å². The number of halogens is 2. The Balaban J connectivity index is 1.54. The van der Waals surface area contributed by atoms with Crippen LogP contribution in [0.2, 0.25) is 0 Å². The summed E-state index contributed by atoms with van der Waals surface area (Å²) in [5, 5.41) is 7.30. The van der Waals surface area contributed by atoms with E-state index >= 15 is 4.39 Å². The van der Waals surface area contributed by atoms with Crippen LogP contribution in [0.3, 0.4) is 0 Å². The zero-order valence-electron chi connectivity index (χ0n) is 23.1. The molecule has 2 fully saturated rings. The Morgan fingerprint density at radius 2 is 1.90 bits per heavy atom. The second kappa shape index (κ2) is 10.4. The lowest BCUT2D eigenvalue weighted by molar-refractivity contribution is 0.209. The number of rotatable bonds is 8. The molecule has 0 bridgehead atoms. The van der Waals surface area contributed by atoms with Crippen molar-refractivity contribution in [3.05, 3.63) is 52.0 Å². The normalized spacial score (nSPS) is 22.1. The summed E-state index contributed by atoms with van der Waals surface area (Å²) in [6.07, 6.45) is 7.67. The van der Waals surface area contributed by atoms with Gasteiger partial charge in [0.25, 0.3) is 0 Å². The molecule has 0 amide bonds. The molecule has 6 rings (SSSR count). The second-order valence-corrected chi connectivity index (χ2v) is 11.8. The zero-order valence-corrected chi connectivity index (χ0v) is 23.1. The van der Waals surface area contributed by atoms with Crippen LogP contribution >= 0.6 is 0 Å². The maximum atomic E-state index is 16.9. The number of nitrogens with zero attached hydrogens (tertiary/aromatic N) is 5. The number of imidazole rings is 1. The molecule has 2 aliphatic carbocycles. The number of alkyl halides is 1. The molecule has 2 saturated carbocycles. The third kappa shape index (κ3) is 4.90. The summed E-state index contributed by atoms with van der Waals surface area (Å²) >= 11 is 0. The third-order valence-electron chi connectivity index (χ3n) is 8.85. The summed E-state index contributed by atoms with van der Waals surface area (Å²) in [6, 6.07) is 5.98. The van der Waals surface area contributed by atoms with Crippen molar-refractivity contribution in [3.8, 4) is 11.6 Å². The monoisotopic (exact) mass is 551 g/mol. The Hall–Kier alpha value is -3.63. The number of nitrogens with one attached hydrogen (secondary N) is 2. The van der Waals surface area contributed by atoms with Gasteiger partial charge in [0.1, 0.15) is 11.3 Å². The number of benzene rings is 1. The lowest BCUT2D eigenvalue weighted by Gasteiger charge is -2.32. The van der Waals surface area contributed by atoms with Crippen LogP contribution in [0.5, 0.6) is 0 Å². The number of aromatic amines is 1. The summed E-state index contributed by atoms with van der Waals surface area (Å²) in [6.45, 7) is 6.23. The molecule has 212 valence electrons. The largest absolute Gasteiger partial charge is 0.439 e. The van der Waals surface area contributed by atoms with Gasteiger partial charge in [-0.2, -0.15) is 0 Å². The number of H-pyrrole nitrogens is 1. The minimum absolute atomic E-state index is 0.0562. The fourth-order valence-corrected chi connectivity index (χ4v) is 6.11. The quantitative estimate of drug-likeness (QED) is 0.277. The van der Waals surface area contributed by atoms with Crippen molar-refractivity contribution in [2.24, 2.45) is 17.8 Å². The minimum Gasteiger partial charge on any atom is -0.365 e.